The molecule has 1 saturated heterocycles. The van der Waals surface area contributed by atoms with Gasteiger partial charge in [-0.25, -0.2) is 4.79 Å². The van der Waals surface area contributed by atoms with E-state index >= 15 is 0 Å². The molecule has 1 heterocycles. The van der Waals surface area contributed by atoms with Gasteiger partial charge in [-0.05, 0) is 52.8 Å². The highest BCUT2D eigenvalue weighted by Gasteiger charge is 2.48. The van der Waals surface area contributed by atoms with E-state index in [-0.39, 0.29) is 12.1 Å². The molecule has 3 nitrogen and oxygen atoms in total. The molecule has 0 radical (unpaired) electrons. The Labute approximate surface area is 216 Å². The van der Waals surface area contributed by atoms with E-state index in [2.05, 4.69) is 24.3 Å². The zero-order valence-corrected chi connectivity index (χ0v) is 21.5. The van der Waals surface area contributed by atoms with Gasteiger partial charge in [-0.15, -0.1) is 0 Å². The molecule has 190 valence electrons. The number of esters is 1. The summed E-state index contributed by atoms with van der Waals surface area (Å²) in [6.45, 7) is 0. The smallest absolute Gasteiger partial charge is 0.343 e. The van der Waals surface area contributed by atoms with Crippen LogP contribution in [0.2, 0.25) is 0 Å². The van der Waals surface area contributed by atoms with Crippen LogP contribution in [-0.2, 0) is 16.0 Å². The maximum absolute atomic E-state index is 12.7. The first-order valence-corrected chi connectivity index (χ1v) is 14.2. The molecule has 1 saturated carbocycles. The number of carbonyl (C=O) groups is 1. The lowest BCUT2D eigenvalue weighted by atomic mass is 9.85. The van der Waals surface area contributed by atoms with Gasteiger partial charge in [0, 0.05) is 0 Å². The molecule has 2 atom stereocenters. The molecule has 1 aliphatic carbocycles. The van der Waals surface area contributed by atoms with Gasteiger partial charge in [-0.1, -0.05) is 125 Å². The first kappa shape index (κ1) is 25.0. The number of fused-ring (bicyclic) bond motifs is 1. The number of aryl methyl sites for hydroxylation is 1. The summed E-state index contributed by atoms with van der Waals surface area (Å²) in [5, 5.41) is 2.19. The number of benzene rings is 3. The van der Waals surface area contributed by atoms with Crippen LogP contribution in [-0.4, -0.2) is 12.1 Å². The number of carbonyl (C=O) groups excluding carboxylic acids is 1. The van der Waals surface area contributed by atoms with Crippen LogP contribution in [0.25, 0.3) is 10.8 Å². The van der Waals surface area contributed by atoms with Crippen LogP contribution < -0.4 is 4.74 Å². The molecule has 0 spiro atoms. The van der Waals surface area contributed by atoms with Gasteiger partial charge in [0.2, 0.25) is 0 Å². The second-order valence-electron chi connectivity index (χ2n) is 10.8. The first-order valence-electron chi connectivity index (χ1n) is 14.2. The van der Waals surface area contributed by atoms with E-state index in [0.29, 0.717) is 5.75 Å². The van der Waals surface area contributed by atoms with Gasteiger partial charge in [0.1, 0.15) is 11.9 Å². The van der Waals surface area contributed by atoms with Crippen molar-refractivity contribution in [3.05, 3.63) is 77.9 Å². The van der Waals surface area contributed by atoms with Gasteiger partial charge in [-0.2, -0.15) is 0 Å². The lowest BCUT2D eigenvalue weighted by Gasteiger charge is -2.21. The SMILES string of the molecule is O=C(Oc1ccc2ccccc2c1)[C@@H]1O[C@H]1c1ccccc1CCCCCCCCC1CCCCC1. The van der Waals surface area contributed by atoms with Crippen molar-refractivity contribution in [3.63, 3.8) is 0 Å². The first-order chi connectivity index (χ1) is 17.8. The van der Waals surface area contributed by atoms with Gasteiger partial charge >= 0.3 is 5.97 Å². The van der Waals surface area contributed by atoms with Crippen LogP contribution in [0.15, 0.2) is 66.7 Å². The summed E-state index contributed by atoms with van der Waals surface area (Å²) >= 11 is 0. The molecule has 3 aromatic carbocycles. The molecule has 0 bridgehead atoms. The largest absolute Gasteiger partial charge is 0.425 e. The van der Waals surface area contributed by atoms with E-state index < -0.39 is 6.10 Å². The van der Waals surface area contributed by atoms with Crippen molar-refractivity contribution in [2.45, 2.75) is 95.7 Å². The van der Waals surface area contributed by atoms with Crippen molar-refractivity contribution >= 4 is 16.7 Å². The Morgan fingerprint density at radius 1 is 0.778 bits per heavy atom. The Hall–Kier alpha value is -2.65. The minimum atomic E-state index is -0.512. The molecule has 3 heteroatoms. The van der Waals surface area contributed by atoms with E-state index in [1.165, 1.54) is 82.6 Å². The summed E-state index contributed by atoms with van der Waals surface area (Å²) in [7, 11) is 0. The monoisotopic (exact) mass is 484 g/mol. The number of epoxide rings is 1. The van der Waals surface area contributed by atoms with E-state index in [1.807, 2.05) is 42.5 Å². The standard InChI is InChI=1S/C33H40O3/c34-33(35-29-23-22-26-17-10-11-20-28(26)24-29)32-31(36-32)30-21-13-12-19-27(30)18-9-4-2-1-3-6-14-25-15-7-5-8-16-25/h10-13,17,19-25,31-32H,1-9,14-16,18H2/t31-,32+/m0/s1. The van der Waals surface area contributed by atoms with Crippen molar-refractivity contribution in [1.82, 2.24) is 0 Å². The van der Waals surface area contributed by atoms with Crippen LogP contribution in [0.5, 0.6) is 5.75 Å². The number of rotatable bonds is 12. The van der Waals surface area contributed by atoms with E-state index in [1.54, 1.807) is 0 Å². The summed E-state index contributed by atoms with van der Waals surface area (Å²) in [6, 6.07) is 22.2. The van der Waals surface area contributed by atoms with E-state index in [9.17, 15) is 4.79 Å². The highest BCUT2D eigenvalue weighted by Crippen LogP contribution is 2.41. The normalized spacial score (nSPS) is 19.9. The predicted octanol–water partition coefficient (Wildman–Crippen LogP) is 8.74. The Balaban J connectivity index is 1.03. The van der Waals surface area contributed by atoms with Crippen molar-refractivity contribution in [2.75, 3.05) is 0 Å². The molecule has 0 aromatic heterocycles. The quantitative estimate of drug-likeness (QED) is 0.112. The fourth-order valence-electron chi connectivity index (χ4n) is 5.90. The fourth-order valence-corrected chi connectivity index (χ4v) is 5.90. The third-order valence-corrected chi connectivity index (χ3v) is 8.06. The summed E-state index contributed by atoms with van der Waals surface area (Å²) in [5.74, 6) is 1.28. The van der Waals surface area contributed by atoms with Crippen molar-refractivity contribution < 1.29 is 14.3 Å². The van der Waals surface area contributed by atoms with Gasteiger partial charge in [0.25, 0.3) is 0 Å². The van der Waals surface area contributed by atoms with Crippen molar-refractivity contribution in [3.8, 4) is 5.75 Å². The Morgan fingerprint density at radius 3 is 2.36 bits per heavy atom. The Kier molecular flexibility index (Phi) is 8.72. The molecule has 0 N–H and O–H groups in total. The van der Waals surface area contributed by atoms with Gasteiger partial charge < -0.3 is 9.47 Å². The van der Waals surface area contributed by atoms with Crippen LogP contribution in [0.4, 0.5) is 0 Å². The average molecular weight is 485 g/mol. The molecule has 2 aliphatic rings. The van der Waals surface area contributed by atoms with Crippen molar-refractivity contribution in [2.24, 2.45) is 5.92 Å². The molecule has 1 aliphatic heterocycles. The number of ether oxygens (including phenoxy) is 2. The summed E-state index contributed by atoms with van der Waals surface area (Å²) in [5.41, 5.74) is 2.45. The Bertz CT molecular complexity index is 1130. The van der Waals surface area contributed by atoms with Crippen LogP contribution >= 0.6 is 0 Å². The lowest BCUT2D eigenvalue weighted by molar-refractivity contribution is -0.135. The number of unbranched alkanes of at least 4 members (excludes halogenated alkanes) is 5. The maximum atomic E-state index is 12.7. The highest BCUT2D eigenvalue weighted by molar-refractivity contribution is 5.86. The number of hydrogen-bond donors (Lipinski definition) is 0. The average Bonchev–Trinajstić information content (AvgIpc) is 3.72. The molecule has 5 rings (SSSR count). The molecule has 3 aromatic rings. The van der Waals surface area contributed by atoms with Crippen LogP contribution in [0.1, 0.15) is 94.3 Å². The minimum absolute atomic E-state index is 0.186. The van der Waals surface area contributed by atoms with Gasteiger partial charge in [0.15, 0.2) is 6.10 Å². The van der Waals surface area contributed by atoms with Crippen LogP contribution in [0.3, 0.4) is 0 Å². The zero-order chi connectivity index (χ0) is 24.6. The number of hydrogen-bond acceptors (Lipinski definition) is 3. The summed E-state index contributed by atoms with van der Waals surface area (Å²) < 4.78 is 11.5. The van der Waals surface area contributed by atoms with Gasteiger partial charge in [-0.3, -0.25) is 0 Å². The zero-order valence-electron chi connectivity index (χ0n) is 21.5. The maximum Gasteiger partial charge on any atom is 0.343 e. The van der Waals surface area contributed by atoms with E-state index in [4.69, 9.17) is 9.47 Å². The summed E-state index contributed by atoms with van der Waals surface area (Å²) in [6.07, 6.45) is 17.1. The Morgan fingerprint density at radius 2 is 1.50 bits per heavy atom. The predicted molar refractivity (Wildman–Crippen MR) is 146 cm³/mol. The molecular formula is C33H40O3. The van der Waals surface area contributed by atoms with Crippen molar-refractivity contribution in [1.29, 1.82) is 0 Å². The second kappa shape index (κ2) is 12.5. The fraction of sp³-hybridized carbons (Fsp3) is 0.485. The third kappa shape index (κ3) is 6.76. The molecule has 0 amide bonds. The van der Waals surface area contributed by atoms with Crippen LogP contribution in [0, 0.1) is 5.92 Å². The highest BCUT2D eigenvalue weighted by atomic mass is 16.6. The molecular weight excluding hydrogens is 444 g/mol. The van der Waals surface area contributed by atoms with Gasteiger partial charge in [0.05, 0.1) is 0 Å². The second-order valence-corrected chi connectivity index (χ2v) is 10.8. The molecule has 2 fully saturated rings. The molecule has 36 heavy (non-hydrogen) atoms. The topological polar surface area (TPSA) is 38.8 Å². The lowest BCUT2D eigenvalue weighted by Crippen LogP contribution is -2.15. The minimum Gasteiger partial charge on any atom is -0.425 e. The third-order valence-electron chi connectivity index (χ3n) is 8.06. The van der Waals surface area contributed by atoms with E-state index in [0.717, 1.165) is 28.7 Å². The summed E-state index contributed by atoms with van der Waals surface area (Å²) in [4.78, 5) is 12.7. The molecule has 0 unspecified atom stereocenters.